The van der Waals surface area contributed by atoms with E-state index in [1.807, 2.05) is 13.0 Å². The summed E-state index contributed by atoms with van der Waals surface area (Å²) in [6.45, 7) is 3.86. The van der Waals surface area contributed by atoms with E-state index in [2.05, 4.69) is 10.2 Å². The maximum Gasteiger partial charge on any atom is 0.281 e. The van der Waals surface area contributed by atoms with Gasteiger partial charge < -0.3 is 5.11 Å². The molecular formula is C18H19FN4O2. The van der Waals surface area contributed by atoms with Gasteiger partial charge in [-0.1, -0.05) is 19.8 Å². The van der Waals surface area contributed by atoms with Crippen molar-refractivity contribution in [1.82, 2.24) is 4.57 Å². The summed E-state index contributed by atoms with van der Waals surface area (Å²) in [5.41, 5.74) is 0.141. The average molecular weight is 342 g/mol. The van der Waals surface area contributed by atoms with Crippen LogP contribution < -0.4 is 5.56 Å². The molecule has 130 valence electrons. The molecule has 0 aliphatic heterocycles. The van der Waals surface area contributed by atoms with Crippen LogP contribution in [0.1, 0.15) is 37.3 Å². The number of nitrogens with zero attached hydrogens (tertiary/aromatic N) is 4. The Kier molecular flexibility index (Phi) is 6.01. The minimum Gasteiger partial charge on any atom is -0.493 e. The third-order valence-electron chi connectivity index (χ3n) is 3.85. The molecule has 0 amide bonds. The van der Waals surface area contributed by atoms with Gasteiger partial charge in [-0.2, -0.15) is 10.4 Å². The molecule has 0 radical (unpaired) electrons. The fourth-order valence-electron chi connectivity index (χ4n) is 2.40. The molecule has 0 aliphatic carbocycles. The minimum absolute atomic E-state index is 0.00385. The van der Waals surface area contributed by atoms with E-state index >= 15 is 0 Å². The van der Waals surface area contributed by atoms with Gasteiger partial charge in [0.2, 0.25) is 5.88 Å². The van der Waals surface area contributed by atoms with Crippen LogP contribution in [0.2, 0.25) is 0 Å². The summed E-state index contributed by atoms with van der Waals surface area (Å²) in [4.78, 5) is 12.6. The molecule has 2 rings (SSSR count). The Balaban J connectivity index is 2.49. The summed E-state index contributed by atoms with van der Waals surface area (Å²) in [6.07, 6.45) is 2.56. The Morgan fingerprint density at radius 2 is 1.92 bits per heavy atom. The van der Waals surface area contributed by atoms with Gasteiger partial charge in [-0.15, -0.1) is 5.11 Å². The number of halogens is 1. The molecule has 0 saturated heterocycles. The van der Waals surface area contributed by atoms with Crippen molar-refractivity contribution in [3.05, 3.63) is 51.6 Å². The number of aromatic nitrogens is 1. The molecule has 1 aromatic carbocycles. The highest BCUT2D eigenvalue weighted by molar-refractivity contribution is 5.56. The lowest BCUT2D eigenvalue weighted by Gasteiger charge is -2.12. The quantitative estimate of drug-likeness (QED) is 0.620. The highest BCUT2D eigenvalue weighted by atomic mass is 19.1. The number of benzene rings is 1. The largest absolute Gasteiger partial charge is 0.493 e. The van der Waals surface area contributed by atoms with Gasteiger partial charge in [0.15, 0.2) is 5.69 Å². The van der Waals surface area contributed by atoms with Crippen LogP contribution in [0, 0.1) is 24.1 Å². The van der Waals surface area contributed by atoms with Crippen molar-refractivity contribution in [2.75, 3.05) is 0 Å². The standard InChI is InChI=1S/C18H19FN4O2/c1-3-4-5-10-23-17(24)15(11-20)12(2)16(18(23)25)22-21-14-8-6-13(19)7-9-14/h6-9,24H,3-5,10H2,1-2H3. The third kappa shape index (κ3) is 4.10. The van der Waals surface area contributed by atoms with E-state index in [9.17, 15) is 19.6 Å². The number of pyridine rings is 1. The first-order valence-electron chi connectivity index (χ1n) is 8.03. The minimum atomic E-state index is -0.504. The second-order valence-electron chi connectivity index (χ2n) is 5.62. The number of rotatable bonds is 6. The second kappa shape index (κ2) is 8.20. The van der Waals surface area contributed by atoms with Gasteiger partial charge in [0.05, 0.1) is 5.69 Å². The molecule has 6 nitrogen and oxygen atoms in total. The van der Waals surface area contributed by atoms with E-state index < -0.39 is 11.4 Å². The maximum atomic E-state index is 12.9. The molecule has 25 heavy (non-hydrogen) atoms. The molecule has 0 saturated carbocycles. The van der Waals surface area contributed by atoms with Gasteiger partial charge in [-0.05, 0) is 37.6 Å². The van der Waals surface area contributed by atoms with Crippen molar-refractivity contribution in [3.63, 3.8) is 0 Å². The summed E-state index contributed by atoms with van der Waals surface area (Å²) >= 11 is 0. The van der Waals surface area contributed by atoms with Gasteiger partial charge in [0.1, 0.15) is 17.4 Å². The van der Waals surface area contributed by atoms with E-state index in [1.54, 1.807) is 0 Å². The Hall–Kier alpha value is -3.01. The van der Waals surface area contributed by atoms with E-state index in [-0.39, 0.29) is 22.7 Å². The smallest absolute Gasteiger partial charge is 0.281 e. The van der Waals surface area contributed by atoms with Gasteiger partial charge in [-0.3, -0.25) is 9.36 Å². The molecule has 0 unspecified atom stereocenters. The topological polar surface area (TPSA) is 90.7 Å². The van der Waals surface area contributed by atoms with Crippen LogP contribution in [0.4, 0.5) is 15.8 Å². The molecule has 0 aliphatic rings. The number of azo groups is 1. The van der Waals surface area contributed by atoms with E-state index in [0.29, 0.717) is 18.7 Å². The van der Waals surface area contributed by atoms with Crippen LogP contribution in [0.15, 0.2) is 39.3 Å². The molecule has 2 aromatic rings. The van der Waals surface area contributed by atoms with Crippen molar-refractivity contribution in [3.8, 4) is 11.9 Å². The summed E-state index contributed by atoms with van der Waals surface area (Å²) in [5.74, 6) is -0.744. The molecule has 0 bridgehead atoms. The summed E-state index contributed by atoms with van der Waals surface area (Å²) in [5, 5.41) is 27.4. The van der Waals surface area contributed by atoms with Gasteiger partial charge in [0.25, 0.3) is 5.56 Å². The fourth-order valence-corrected chi connectivity index (χ4v) is 2.40. The lowest BCUT2D eigenvalue weighted by Crippen LogP contribution is -2.22. The number of aromatic hydroxyl groups is 1. The van der Waals surface area contributed by atoms with Gasteiger partial charge >= 0.3 is 0 Å². The molecule has 0 atom stereocenters. The Labute approximate surface area is 144 Å². The van der Waals surface area contributed by atoms with Crippen LogP contribution in [0.3, 0.4) is 0 Å². The van der Waals surface area contributed by atoms with Crippen LogP contribution in [0.25, 0.3) is 0 Å². The van der Waals surface area contributed by atoms with Crippen LogP contribution in [-0.4, -0.2) is 9.67 Å². The number of hydrogen-bond donors (Lipinski definition) is 1. The monoisotopic (exact) mass is 342 g/mol. The molecular weight excluding hydrogens is 323 g/mol. The highest BCUT2D eigenvalue weighted by Gasteiger charge is 2.18. The van der Waals surface area contributed by atoms with E-state index in [0.717, 1.165) is 17.4 Å². The predicted molar refractivity (Wildman–Crippen MR) is 91.9 cm³/mol. The molecule has 7 heteroatoms. The van der Waals surface area contributed by atoms with Crippen molar-refractivity contribution < 1.29 is 9.50 Å². The van der Waals surface area contributed by atoms with E-state index in [1.165, 1.54) is 31.2 Å². The average Bonchev–Trinajstić information content (AvgIpc) is 2.60. The molecule has 1 heterocycles. The van der Waals surface area contributed by atoms with Gasteiger partial charge in [-0.25, -0.2) is 4.39 Å². The number of unbranched alkanes of at least 4 members (excludes halogenated alkanes) is 2. The number of hydrogen-bond acceptors (Lipinski definition) is 5. The zero-order chi connectivity index (χ0) is 18.4. The van der Waals surface area contributed by atoms with Crippen molar-refractivity contribution in [1.29, 1.82) is 5.26 Å². The summed E-state index contributed by atoms with van der Waals surface area (Å²) < 4.78 is 14.1. The second-order valence-corrected chi connectivity index (χ2v) is 5.62. The summed E-state index contributed by atoms with van der Waals surface area (Å²) in [6, 6.07) is 7.24. The molecule has 1 N–H and O–H groups in total. The zero-order valence-corrected chi connectivity index (χ0v) is 14.2. The lowest BCUT2D eigenvalue weighted by molar-refractivity contribution is 0.398. The molecule has 0 spiro atoms. The maximum absolute atomic E-state index is 12.9. The van der Waals surface area contributed by atoms with E-state index in [4.69, 9.17) is 0 Å². The van der Waals surface area contributed by atoms with Crippen molar-refractivity contribution in [2.24, 2.45) is 10.2 Å². The number of nitriles is 1. The summed E-state index contributed by atoms with van der Waals surface area (Å²) in [7, 11) is 0. The highest BCUT2D eigenvalue weighted by Crippen LogP contribution is 2.27. The lowest BCUT2D eigenvalue weighted by atomic mass is 10.1. The Morgan fingerprint density at radius 3 is 2.52 bits per heavy atom. The van der Waals surface area contributed by atoms with Gasteiger partial charge in [0, 0.05) is 12.1 Å². The van der Waals surface area contributed by atoms with Crippen LogP contribution in [-0.2, 0) is 6.54 Å². The Morgan fingerprint density at radius 1 is 1.24 bits per heavy atom. The first-order valence-corrected chi connectivity index (χ1v) is 8.03. The third-order valence-corrected chi connectivity index (χ3v) is 3.85. The molecule has 0 fully saturated rings. The fraction of sp³-hybridized carbons (Fsp3) is 0.333. The molecule has 1 aromatic heterocycles. The van der Waals surface area contributed by atoms with Crippen LogP contribution in [0.5, 0.6) is 5.88 Å². The zero-order valence-electron chi connectivity index (χ0n) is 14.2. The predicted octanol–water partition coefficient (Wildman–Crippen LogP) is 4.48. The van der Waals surface area contributed by atoms with Crippen molar-refractivity contribution >= 4 is 11.4 Å². The normalized spacial score (nSPS) is 11.0. The van der Waals surface area contributed by atoms with Crippen molar-refractivity contribution in [2.45, 2.75) is 39.7 Å². The first-order chi connectivity index (χ1) is 12.0. The SMILES string of the molecule is CCCCCn1c(O)c(C#N)c(C)c(N=Nc2ccc(F)cc2)c1=O. The Bertz CT molecular complexity index is 880. The van der Waals surface area contributed by atoms with Crippen LogP contribution >= 0.6 is 0 Å². The first kappa shape index (κ1) is 18.3.